The molecule has 8 heteroatoms. The van der Waals surface area contributed by atoms with Crippen molar-refractivity contribution in [1.29, 1.82) is 0 Å². The lowest BCUT2D eigenvalue weighted by Gasteiger charge is -2.19. The van der Waals surface area contributed by atoms with Crippen LogP contribution >= 0.6 is 0 Å². The Kier molecular flexibility index (Phi) is 7.12. The van der Waals surface area contributed by atoms with Gasteiger partial charge in [-0.2, -0.15) is 0 Å². The molecule has 7 nitrogen and oxygen atoms in total. The molecule has 132 valence electrons. The van der Waals surface area contributed by atoms with Crippen LogP contribution in [0.1, 0.15) is 17.3 Å². The van der Waals surface area contributed by atoms with Crippen molar-refractivity contribution in [3.8, 4) is 0 Å². The molecule has 2 amide bonds. The molecule has 0 aliphatic rings. The first kappa shape index (κ1) is 19.9. The molecule has 0 bridgehead atoms. The van der Waals surface area contributed by atoms with Crippen LogP contribution in [0.3, 0.4) is 0 Å². The molecule has 24 heavy (non-hydrogen) atoms. The molecule has 0 aliphatic carbocycles. The summed E-state index contributed by atoms with van der Waals surface area (Å²) in [6, 6.07) is 5.70. The first-order valence-corrected chi connectivity index (χ1v) is 8.81. The molecular formula is C16H23N3O4S. The number of hydrogen-bond acceptors (Lipinski definition) is 4. The van der Waals surface area contributed by atoms with Crippen LogP contribution in [-0.4, -0.2) is 63.2 Å². The van der Waals surface area contributed by atoms with Crippen LogP contribution in [-0.2, 0) is 14.8 Å². The molecule has 1 aromatic rings. The van der Waals surface area contributed by atoms with Crippen molar-refractivity contribution in [2.75, 3.05) is 33.7 Å². The molecule has 0 atom stereocenters. The van der Waals surface area contributed by atoms with E-state index in [1.54, 1.807) is 11.0 Å². The summed E-state index contributed by atoms with van der Waals surface area (Å²) in [4.78, 5) is 25.1. The summed E-state index contributed by atoms with van der Waals surface area (Å²) in [6.45, 7) is 6.12. The fourth-order valence-electron chi connectivity index (χ4n) is 1.93. The SMILES string of the molecule is C=CCN(CCNC(=O)c1ccc(S(=O)(=O)N(C)C)cc1)C(C)=O. The Bertz CT molecular complexity index is 697. The van der Waals surface area contributed by atoms with Gasteiger partial charge < -0.3 is 10.2 Å². The van der Waals surface area contributed by atoms with Gasteiger partial charge >= 0.3 is 0 Å². The second-order valence-electron chi connectivity index (χ2n) is 5.32. The number of rotatable bonds is 8. The summed E-state index contributed by atoms with van der Waals surface area (Å²) in [5.41, 5.74) is 0.353. The van der Waals surface area contributed by atoms with E-state index in [0.717, 1.165) is 4.31 Å². The normalized spacial score (nSPS) is 11.2. The smallest absolute Gasteiger partial charge is 0.251 e. The standard InChI is InChI=1S/C16H23N3O4S/c1-5-11-19(13(2)20)12-10-17-16(21)14-6-8-15(9-7-14)24(22,23)18(3)4/h5-9H,1,10-12H2,2-4H3,(H,17,21). The Morgan fingerprint density at radius 2 is 1.79 bits per heavy atom. The van der Waals surface area contributed by atoms with Crippen LogP contribution in [0.5, 0.6) is 0 Å². The highest BCUT2D eigenvalue weighted by Crippen LogP contribution is 2.13. The lowest BCUT2D eigenvalue weighted by atomic mass is 10.2. The number of nitrogens with zero attached hydrogens (tertiary/aromatic N) is 2. The highest BCUT2D eigenvalue weighted by molar-refractivity contribution is 7.89. The van der Waals surface area contributed by atoms with Gasteiger partial charge in [-0.05, 0) is 24.3 Å². The van der Waals surface area contributed by atoms with Gasteiger partial charge in [-0.15, -0.1) is 6.58 Å². The largest absolute Gasteiger partial charge is 0.350 e. The zero-order valence-electron chi connectivity index (χ0n) is 14.2. The van der Waals surface area contributed by atoms with Crippen LogP contribution in [0.15, 0.2) is 41.8 Å². The van der Waals surface area contributed by atoms with Crippen molar-refractivity contribution in [2.45, 2.75) is 11.8 Å². The number of carbonyl (C=O) groups is 2. The zero-order chi connectivity index (χ0) is 18.3. The molecule has 0 aliphatic heterocycles. The van der Waals surface area contributed by atoms with Gasteiger partial charge in [-0.3, -0.25) is 9.59 Å². The minimum Gasteiger partial charge on any atom is -0.350 e. The molecule has 1 N–H and O–H groups in total. The van der Waals surface area contributed by atoms with E-state index in [-0.39, 0.29) is 16.7 Å². The van der Waals surface area contributed by atoms with E-state index in [1.165, 1.54) is 45.3 Å². The van der Waals surface area contributed by atoms with Gasteiger partial charge in [0.1, 0.15) is 0 Å². The van der Waals surface area contributed by atoms with Crippen LogP contribution in [0, 0.1) is 0 Å². The van der Waals surface area contributed by atoms with E-state index < -0.39 is 10.0 Å². The fraction of sp³-hybridized carbons (Fsp3) is 0.375. The number of nitrogens with one attached hydrogen (secondary N) is 1. The van der Waals surface area contributed by atoms with Crippen LogP contribution in [0.25, 0.3) is 0 Å². The van der Waals surface area contributed by atoms with E-state index in [0.29, 0.717) is 25.2 Å². The molecule has 0 aromatic heterocycles. The molecule has 1 rings (SSSR count). The molecule has 0 unspecified atom stereocenters. The number of sulfonamides is 1. The highest BCUT2D eigenvalue weighted by atomic mass is 32.2. The minimum absolute atomic E-state index is 0.0950. The Balaban J connectivity index is 2.66. The first-order chi connectivity index (χ1) is 11.2. The molecule has 0 heterocycles. The lowest BCUT2D eigenvalue weighted by molar-refractivity contribution is -0.128. The number of amides is 2. The summed E-state index contributed by atoms with van der Waals surface area (Å²) in [7, 11) is -0.626. The molecule has 0 fully saturated rings. The van der Waals surface area contributed by atoms with Crippen molar-refractivity contribution in [2.24, 2.45) is 0 Å². The maximum Gasteiger partial charge on any atom is 0.251 e. The lowest BCUT2D eigenvalue weighted by Crippen LogP contribution is -2.37. The quantitative estimate of drug-likeness (QED) is 0.697. The van der Waals surface area contributed by atoms with E-state index in [1.807, 2.05) is 0 Å². The predicted molar refractivity (Wildman–Crippen MR) is 92.1 cm³/mol. The van der Waals surface area contributed by atoms with Gasteiger partial charge in [0.15, 0.2) is 0 Å². The number of hydrogen-bond donors (Lipinski definition) is 1. The van der Waals surface area contributed by atoms with Crippen LogP contribution in [0.4, 0.5) is 0 Å². The third kappa shape index (κ3) is 5.17. The number of benzene rings is 1. The topological polar surface area (TPSA) is 86.8 Å². The number of carbonyl (C=O) groups excluding carboxylic acids is 2. The highest BCUT2D eigenvalue weighted by Gasteiger charge is 2.17. The van der Waals surface area contributed by atoms with Crippen molar-refractivity contribution in [3.05, 3.63) is 42.5 Å². The molecule has 1 aromatic carbocycles. The average molecular weight is 353 g/mol. The van der Waals surface area contributed by atoms with E-state index in [9.17, 15) is 18.0 Å². The van der Waals surface area contributed by atoms with Gasteiger partial charge in [0.05, 0.1) is 4.90 Å². The van der Waals surface area contributed by atoms with Gasteiger partial charge in [-0.1, -0.05) is 6.08 Å². The second kappa shape index (κ2) is 8.60. The monoisotopic (exact) mass is 353 g/mol. The molecule has 0 saturated carbocycles. The van der Waals surface area contributed by atoms with Crippen LogP contribution < -0.4 is 5.32 Å². The van der Waals surface area contributed by atoms with Crippen molar-refractivity contribution in [1.82, 2.24) is 14.5 Å². The Hall–Kier alpha value is -2.19. The van der Waals surface area contributed by atoms with E-state index in [4.69, 9.17) is 0 Å². The maximum absolute atomic E-state index is 12.1. The summed E-state index contributed by atoms with van der Waals surface area (Å²) in [5, 5.41) is 2.70. The third-order valence-electron chi connectivity index (χ3n) is 3.36. The third-order valence-corrected chi connectivity index (χ3v) is 5.19. The Morgan fingerprint density at radius 3 is 2.25 bits per heavy atom. The summed E-state index contributed by atoms with van der Waals surface area (Å²) >= 11 is 0. The first-order valence-electron chi connectivity index (χ1n) is 7.37. The van der Waals surface area contributed by atoms with Gasteiger partial charge in [-0.25, -0.2) is 12.7 Å². The van der Waals surface area contributed by atoms with Crippen molar-refractivity contribution < 1.29 is 18.0 Å². The molecule has 0 spiro atoms. The maximum atomic E-state index is 12.1. The molecular weight excluding hydrogens is 330 g/mol. The summed E-state index contributed by atoms with van der Waals surface area (Å²) in [5.74, 6) is -0.423. The van der Waals surface area contributed by atoms with Crippen LogP contribution in [0.2, 0.25) is 0 Å². The predicted octanol–water partition coefficient (Wildman–Crippen LogP) is 0.701. The average Bonchev–Trinajstić information content (AvgIpc) is 2.53. The second-order valence-corrected chi connectivity index (χ2v) is 7.47. The van der Waals surface area contributed by atoms with E-state index >= 15 is 0 Å². The molecule has 0 saturated heterocycles. The minimum atomic E-state index is -3.52. The fourth-order valence-corrected chi connectivity index (χ4v) is 2.83. The van der Waals surface area contributed by atoms with Gasteiger partial charge in [0.25, 0.3) is 5.91 Å². The van der Waals surface area contributed by atoms with Crippen molar-refractivity contribution in [3.63, 3.8) is 0 Å². The van der Waals surface area contributed by atoms with E-state index in [2.05, 4.69) is 11.9 Å². The van der Waals surface area contributed by atoms with Crippen molar-refractivity contribution >= 4 is 21.8 Å². The summed E-state index contributed by atoms with van der Waals surface area (Å²) in [6.07, 6.45) is 1.62. The van der Waals surface area contributed by atoms with Gasteiger partial charge in [0, 0.05) is 46.2 Å². The zero-order valence-corrected chi connectivity index (χ0v) is 15.0. The van der Waals surface area contributed by atoms with Gasteiger partial charge in [0.2, 0.25) is 15.9 Å². The Morgan fingerprint density at radius 1 is 1.21 bits per heavy atom. The molecule has 0 radical (unpaired) electrons. The Labute approximate surface area is 143 Å². The summed E-state index contributed by atoms with van der Waals surface area (Å²) < 4.78 is 25.0.